The van der Waals surface area contributed by atoms with Crippen LogP contribution in [0.15, 0.2) is 9.98 Å². The Morgan fingerprint density at radius 1 is 0.588 bits per heavy atom. The van der Waals surface area contributed by atoms with Gasteiger partial charge in [-0.05, 0) is 57.4 Å². The van der Waals surface area contributed by atoms with Gasteiger partial charge in [-0.3, -0.25) is 34.0 Å². The van der Waals surface area contributed by atoms with Crippen LogP contribution >= 0.6 is 0 Å². The summed E-state index contributed by atoms with van der Waals surface area (Å²) in [5.41, 5.74) is 32.3. The molecule has 0 aromatic heterocycles. The lowest BCUT2D eigenvalue weighted by Gasteiger charge is -2.28. The number of amides is 5. The van der Waals surface area contributed by atoms with Crippen LogP contribution in [0.5, 0.6) is 0 Å². The molecule has 0 aliphatic rings. The average Bonchev–Trinajstić information content (AvgIpc) is 3.06. The number of carboxylic acids is 1. The molecule has 0 saturated carbocycles. The van der Waals surface area contributed by atoms with Gasteiger partial charge in [-0.15, -0.1) is 0 Å². The fourth-order valence-corrected chi connectivity index (χ4v) is 4.45. The van der Waals surface area contributed by atoms with Crippen molar-refractivity contribution in [2.45, 2.75) is 95.0 Å². The second-order valence-electron chi connectivity index (χ2n) is 12.0. The first kappa shape index (κ1) is 46.2. The maximum absolute atomic E-state index is 13.4. The molecule has 0 fully saturated rings. The fraction of sp³-hybridized carbons (Fsp3) is 0.724. The van der Waals surface area contributed by atoms with Crippen molar-refractivity contribution in [3.05, 3.63) is 0 Å². The molecule has 0 rings (SSSR count). The van der Waals surface area contributed by atoms with E-state index in [1.54, 1.807) is 13.8 Å². The third-order valence-corrected chi connectivity index (χ3v) is 7.31. The molecule has 6 atom stereocenters. The predicted molar refractivity (Wildman–Crippen MR) is 187 cm³/mol. The maximum atomic E-state index is 13.4. The van der Waals surface area contributed by atoms with Crippen LogP contribution in [0.25, 0.3) is 0 Å². The SMILES string of the molecule is CC(C)[C@H](NC(=O)[C@H](CCCN=C(N)N)NC(=O)[C@@H](N)CO)C(=O)N[C@@H](CO)C(=O)N[C@@H](CCCCN)C(=O)N[C@@H](CCCN=C(N)N)C(=O)O. The van der Waals surface area contributed by atoms with E-state index in [2.05, 4.69) is 36.6 Å². The predicted octanol–water partition coefficient (Wildman–Crippen LogP) is -6.30. The Bertz CT molecular complexity index is 1190. The molecule has 0 unspecified atom stereocenters. The molecule has 0 heterocycles. The van der Waals surface area contributed by atoms with Gasteiger partial charge in [-0.25, -0.2) is 4.79 Å². The van der Waals surface area contributed by atoms with Gasteiger partial charge < -0.3 is 76.3 Å². The molecule has 51 heavy (non-hydrogen) atoms. The number of aliphatic hydroxyl groups excluding tert-OH is 2. The molecule has 22 nitrogen and oxygen atoms in total. The van der Waals surface area contributed by atoms with E-state index in [1.807, 2.05) is 0 Å². The normalized spacial score (nSPS) is 14.4. The number of carboxylic acid groups (broad SMARTS) is 1. The Balaban J connectivity index is 5.85. The lowest BCUT2D eigenvalue weighted by molar-refractivity contribution is -0.142. The van der Waals surface area contributed by atoms with Gasteiger partial charge in [-0.2, -0.15) is 0 Å². The number of carbonyl (C=O) groups excluding carboxylic acids is 5. The summed E-state index contributed by atoms with van der Waals surface area (Å²) in [6, 6.07) is -8.00. The Morgan fingerprint density at radius 2 is 1.02 bits per heavy atom. The highest BCUT2D eigenvalue weighted by Gasteiger charge is 2.33. The summed E-state index contributed by atoms with van der Waals surface area (Å²) in [7, 11) is 0. The lowest BCUT2D eigenvalue weighted by Crippen LogP contribution is -2.61. The van der Waals surface area contributed by atoms with Gasteiger partial charge in [0.05, 0.1) is 13.2 Å². The lowest BCUT2D eigenvalue weighted by atomic mass is 10.0. The van der Waals surface area contributed by atoms with Crippen molar-refractivity contribution in [1.82, 2.24) is 26.6 Å². The molecule has 292 valence electrons. The second-order valence-corrected chi connectivity index (χ2v) is 12.0. The summed E-state index contributed by atoms with van der Waals surface area (Å²) in [4.78, 5) is 84.8. The molecule has 0 aliphatic heterocycles. The quantitative estimate of drug-likeness (QED) is 0.0223. The van der Waals surface area contributed by atoms with E-state index >= 15 is 0 Å². The van der Waals surface area contributed by atoms with Gasteiger partial charge in [-0.1, -0.05) is 13.8 Å². The first-order chi connectivity index (χ1) is 24.0. The molecule has 0 aliphatic carbocycles. The van der Waals surface area contributed by atoms with Gasteiger partial charge in [0.1, 0.15) is 36.3 Å². The van der Waals surface area contributed by atoms with Crippen molar-refractivity contribution in [2.75, 3.05) is 32.8 Å². The monoisotopic (exact) mass is 731 g/mol. The zero-order chi connectivity index (χ0) is 39.1. The average molecular weight is 732 g/mol. The zero-order valence-corrected chi connectivity index (χ0v) is 29.2. The zero-order valence-electron chi connectivity index (χ0n) is 29.2. The highest BCUT2D eigenvalue weighted by molar-refractivity contribution is 5.96. The molecule has 5 amide bonds. The third kappa shape index (κ3) is 19.2. The standard InChI is InChI=1S/C29H57N13O9/c1-15(2)21(42-24(47)18(8-5-11-36-28(32)33)38-22(45)16(31)13-43)26(49)41-20(14-44)25(48)39-17(7-3-4-10-30)23(46)40-19(27(50)51)9-6-12-37-29(34)35/h15-21,43-44H,3-14,30-31H2,1-2H3,(H,38,45)(H,39,48)(H,40,46)(H,41,49)(H,42,47)(H,50,51)(H4,32,33,36)(H4,34,35,37)/t16-,17-,18-,19-,20-,21-/m0/s1. The number of hydrogen-bond donors (Lipinski definition) is 14. The van der Waals surface area contributed by atoms with Crippen LogP contribution in [-0.4, -0.2) is 132 Å². The van der Waals surface area contributed by atoms with Crippen LogP contribution in [0.4, 0.5) is 0 Å². The van der Waals surface area contributed by atoms with Gasteiger partial charge in [0, 0.05) is 13.1 Å². The fourth-order valence-electron chi connectivity index (χ4n) is 4.45. The van der Waals surface area contributed by atoms with E-state index in [0.717, 1.165) is 0 Å². The molecule has 0 aromatic carbocycles. The van der Waals surface area contributed by atoms with Gasteiger partial charge in [0.15, 0.2) is 11.9 Å². The van der Waals surface area contributed by atoms with Crippen LogP contribution < -0.4 is 61.0 Å². The van der Waals surface area contributed by atoms with E-state index in [9.17, 15) is 44.1 Å². The van der Waals surface area contributed by atoms with Crippen LogP contribution in [0, 0.1) is 5.92 Å². The van der Waals surface area contributed by atoms with Crippen LogP contribution in [0.3, 0.4) is 0 Å². The largest absolute Gasteiger partial charge is 0.480 e. The Kier molecular flexibility index (Phi) is 22.8. The van der Waals surface area contributed by atoms with Crippen molar-refractivity contribution in [1.29, 1.82) is 0 Å². The van der Waals surface area contributed by atoms with E-state index in [4.69, 9.17) is 34.4 Å². The van der Waals surface area contributed by atoms with Gasteiger partial charge in [0.2, 0.25) is 29.5 Å². The van der Waals surface area contributed by atoms with Crippen molar-refractivity contribution < 1.29 is 44.1 Å². The molecule has 0 bridgehead atoms. The summed E-state index contributed by atoms with van der Waals surface area (Å²) < 4.78 is 0. The number of unbranched alkanes of at least 4 members (excludes halogenated alkanes) is 1. The number of nitrogens with zero attached hydrogens (tertiary/aromatic N) is 2. The third-order valence-electron chi connectivity index (χ3n) is 7.31. The van der Waals surface area contributed by atoms with Crippen molar-refractivity contribution in [3.63, 3.8) is 0 Å². The molecule has 0 saturated heterocycles. The van der Waals surface area contributed by atoms with E-state index in [1.165, 1.54) is 0 Å². The molecule has 0 radical (unpaired) electrons. The molecule has 20 N–H and O–H groups in total. The number of carbonyl (C=O) groups is 6. The molecular formula is C29H57N13O9. The van der Waals surface area contributed by atoms with Crippen molar-refractivity contribution in [2.24, 2.45) is 50.3 Å². The second kappa shape index (κ2) is 25.2. The van der Waals surface area contributed by atoms with Crippen LogP contribution in [-0.2, 0) is 28.8 Å². The van der Waals surface area contributed by atoms with Crippen LogP contribution in [0.1, 0.15) is 58.8 Å². The number of hydrogen-bond acceptors (Lipinski definition) is 12. The number of aliphatic hydroxyl groups is 2. The minimum Gasteiger partial charge on any atom is -0.480 e. The topological polar surface area (TPSA) is 404 Å². The number of nitrogens with two attached hydrogens (primary N) is 6. The number of guanidine groups is 2. The summed E-state index contributed by atoms with van der Waals surface area (Å²) >= 11 is 0. The highest BCUT2D eigenvalue weighted by Crippen LogP contribution is 2.08. The van der Waals surface area contributed by atoms with Crippen LogP contribution in [0.2, 0.25) is 0 Å². The number of aliphatic carboxylic acids is 1. The smallest absolute Gasteiger partial charge is 0.326 e. The van der Waals surface area contributed by atoms with Gasteiger partial charge in [0.25, 0.3) is 0 Å². The van der Waals surface area contributed by atoms with Crippen molar-refractivity contribution >= 4 is 47.4 Å². The number of aliphatic imine (C=N–C) groups is 2. The summed E-state index contributed by atoms with van der Waals surface area (Å²) in [5.74, 6) is -6.51. The van der Waals surface area contributed by atoms with Gasteiger partial charge >= 0.3 is 5.97 Å². The highest BCUT2D eigenvalue weighted by atomic mass is 16.4. The number of rotatable bonds is 26. The van der Waals surface area contributed by atoms with Crippen molar-refractivity contribution in [3.8, 4) is 0 Å². The maximum Gasteiger partial charge on any atom is 0.326 e. The Labute approximate surface area is 296 Å². The van der Waals surface area contributed by atoms with E-state index in [-0.39, 0.29) is 63.7 Å². The summed E-state index contributed by atoms with van der Waals surface area (Å²) in [5, 5.41) is 41.0. The first-order valence-corrected chi connectivity index (χ1v) is 16.5. The minimum absolute atomic E-state index is 0.0198. The summed E-state index contributed by atoms with van der Waals surface area (Å²) in [6.07, 6.45) is 1.39. The first-order valence-electron chi connectivity index (χ1n) is 16.5. The molecule has 0 spiro atoms. The molecular weight excluding hydrogens is 674 g/mol. The molecule has 22 heteroatoms. The Hall–Kier alpha value is -4.80. The van der Waals surface area contributed by atoms with E-state index < -0.39 is 90.9 Å². The Morgan fingerprint density at radius 3 is 1.47 bits per heavy atom. The summed E-state index contributed by atoms with van der Waals surface area (Å²) in [6.45, 7) is 2.14. The minimum atomic E-state index is -1.59. The molecule has 0 aromatic rings. The van der Waals surface area contributed by atoms with E-state index in [0.29, 0.717) is 12.8 Å². The number of nitrogens with one attached hydrogen (secondary N) is 5.